The minimum Gasteiger partial charge on any atom is -0.422 e. The summed E-state index contributed by atoms with van der Waals surface area (Å²) in [5.74, 6) is 0.645. The van der Waals surface area contributed by atoms with Crippen LogP contribution in [-0.4, -0.2) is 19.9 Å². The average molecular weight is 282 g/mol. The highest BCUT2D eigenvalue weighted by atomic mass is 32.1. The van der Waals surface area contributed by atoms with Crippen LogP contribution in [-0.2, 0) is 6.42 Å². The summed E-state index contributed by atoms with van der Waals surface area (Å²) in [6.07, 6.45) is 4.14. The van der Waals surface area contributed by atoms with E-state index in [-0.39, 0.29) is 0 Å². The molecule has 0 spiro atoms. The second kappa shape index (κ2) is 4.35. The Balaban J connectivity index is 1.72. The van der Waals surface area contributed by atoms with Crippen LogP contribution in [0.2, 0.25) is 0 Å². The molecule has 0 amide bonds. The van der Waals surface area contributed by atoms with E-state index >= 15 is 0 Å². The van der Waals surface area contributed by atoms with Gasteiger partial charge in [-0.1, -0.05) is 11.3 Å². The van der Waals surface area contributed by atoms with Gasteiger partial charge in [0.15, 0.2) is 0 Å². The number of oxazole rings is 1. The van der Waals surface area contributed by atoms with Crippen molar-refractivity contribution in [2.45, 2.75) is 13.3 Å². The average Bonchev–Trinajstić information content (AvgIpc) is 2.99. The summed E-state index contributed by atoms with van der Waals surface area (Å²) in [7, 11) is 0. The van der Waals surface area contributed by atoms with E-state index in [1.807, 2.05) is 31.3 Å². The smallest absolute Gasteiger partial charge is 0.246 e. The van der Waals surface area contributed by atoms with Gasteiger partial charge in [-0.3, -0.25) is 0 Å². The van der Waals surface area contributed by atoms with Crippen LogP contribution in [0.5, 0.6) is 0 Å². The Morgan fingerprint density at radius 3 is 3.05 bits per heavy atom. The van der Waals surface area contributed by atoms with Gasteiger partial charge in [0.1, 0.15) is 15.9 Å². The predicted octanol–water partition coefficient (Wildman–Crippen LogP) is 3.13. The van der Waals surface area contributed by atoms with Gasteiger partial charge in [-0.05, 0) is 30.7 Å². The zero-order valence-electron chi connectivity index (χ0n) is 10.7. The first kappa shape index (κ1) is 11.5. The summed E-state index contributed by atoms with van der Waals surface area (Å²) in [6.45, 7) is 1.98. The van der Waals surface area contributed by atoms with E-state index in [4.69, 9.17) is 4.42 Å². The van der Waals surface area contributed by atoms with E-state index in [1.54, 1.807) is 17.5 Å². The van der Waals surface area contributed by atoms with Crippen molar-refractivity contribution in [3.8, 4) is 0 Å². The van der Waals surface area contributed by atoms with E-state index in [0.29, 0.717) is 18.0 Å². The predicted molar refractivity (Wildman–Crippen MR) is 76.8 cm³/mol. The van der Waals surface area contributed by atoms with Crippen molar-refractivity contribution in [3.05, 3.63) is 47.1 Å². The zero-order valence-corrected chi connectivity index (χ0v) is 11.5. The highest BCUT2D eigenvalue weighted by Gasteiger charge is 2.09. The molecule has 0 saturated carbocycles. The number of aromatic nitrogens is 4. The van der Waals surface area contributed by atoms with E-state index in [0.717, 1.165) is 26.4 Å². The third-order valence-corrected chi connectivity index (χ3v) is 3.87. The number of thiazole rings is 1. The van der Waals surface area contributed by atoms with Crippen LogP contribution in [0, 0.1) is 6.92 Å². The van der Waals surface area contributed by atoms with E-state index < -0.39 is 0 Å². The fraction of sp³-hybridized carbons (Fsp3) is 0.143. The molecule has 98 valence electrons. The summed E-state index contributed by atoms with van der Waals surface area (Å²) in [5.41, 5.74) is 3.32. The van der Waals surface area contributed by atoms with Crippen LogP contribution in [0.3, 0.4) is 0 Å². The van der Waals surface area contributed by atoms with Crippen LogP contribution in [0.25, 0.3) is 21.6 Å². The number of hydrogen-bond donors (Lipinski definition) is 0. The first-order chi connectivity index (χ1) is 9.78. The monoisotopic (exact) mass is 282 g/mol. The molecule has 5 nitrogen and oxygen atoms in total. The van der Waals surface area contributed by atoms with Gasteiger partial charge in [0.25, 0.3) is 0 Å². The molecule has 0 aliphatic carbocycles. The maximum Gasteiger partial charge on any atom is 0.246 e. The molecule has 0 aliphatic rings. The van der Waals surface area contributed by atoms with Crippen molar-refractivity contribution in [2.24, 2.45) is 0 Å². The van der Waals surface area contributed by atoms with Crippen molar-refractivity contribution < 1.29 is 4.42 Å². The molecule has 0 radical (unpaired) electrons. The Hall–Kier alpha value is -2.34. The topological polar surface area (TPSA) is 64.7 Å². The van der Waals surface area contributed by atoms with Gasteiger partial charge < -0.3 is 4.42 Å². The molecule has 0 N–H and O–H groups in total. The van der Waals surface area contributed by atoms with Crippen molar-refractivity contribution >= 4 is 32.9 Å². The van der Waals surface area contributed by atoms with Crippen LogP contribution in [0.1, 0.15) is 16.5 Å². The van der Waals surface area contributed by atoms with Crippen molar-refractivity contribution in [2.75, 3.05) is 0 Å². The number of rotatable bonds is 2. The number of fused-ring (bicyclic) bond motifs is 2. The summed E-state index contributed by atoms with van der Waals surface area (Å²) < 4.78 is 5.62. The Labute approximate surface area is 118 Å². The van der Waals surface area contributed by atoms with Gasteiger partial charge in [0, 0.05) is 12.4 Å². The van der Waals surface area contributed by atoms with Crippen LogP contribution in [0.15, 0.2) is 35.0 Å². The lowest BCUT2D eigenvalue weighted by Gasteiger charge is -1.96. The summed E-state index contributed by atoms with van der Waals surface area (Å²) in [4.78, 5) is 18.4. The summed E-state index contributed by atoms with van der Waals surface area (Å²) >= 11 is 1.60. The molecular weight excluding hydrogens is 272 g/mol. The SMILES string of the molecule is Cc1nc2cc(Cc3nc4cccnc4o3)cnc2s1. The van der Waals surface area contributed by atoms with Gasteiger partial charge in [-0.15, -0.1) is 0 Å². The fourth-order valence-electron chi connectivity index (χ4n) is 2.14. The van der Waals surface area contributed by atoms with Crippen molar-refractivity contribution in [1.82, 2.24) is 19.9 Å². The Morgan fingerprint density at radius 2 is 2.15 bits per heavy atom. The van der Waals surface area contributed by atoms with Crippen molar-refractivity contribution in [3.63, 3.8) is 0 Å². The minimum atomic E-state index is 0.570. The highest BCUT2D eigenvalue weighted by molar-refractivity contribution is 7.18. The Bertz CT molecular complexity index is 879. The second-order valence-corrected chi connectivity index (χ2v) is 5.69. The molecule has 4 heterocycles. The molecule has 20 heavy (non-hydrogen) atoms. The summed E-state index contributed by atoms with van der Waals surface area (Å²) in [5, 5.41) is 1.02. The molecule has 0 aliphatic heterocycles. The van der Waals surface area contributed by atoms with Crippen LogP contribution in [0.4, 0.5) is 0 Å². The minimum absolute atomic E-state index is 0.570. The summed E-state index contributed by atoms with van der Waals surface area (Å²) in [6, 6.07) is 5.77. The van der Waals surface area contributed by atoms with E-state index in [2.05, 4.69) is 19.9 Å². The molecule has 0 fully saturated rings. The van der Waals surface area contributed by atoms with Gasteiger partial charge in [-0.25, -0.2) is 19.9 Å². The lowest BCUT2D eigenvalue weighted by Crippen LogP contribution is -1.89. The fourth-order valence-corrected chi connectivity index (χ4v) is 2.87. The third-order valence-electron chi connectivity index (χ3n) is 2.98. The lowest BCUT2D eigenvalue weighted by molar-refractivity contribution is 0.535. The second-order valence-electron chi connectivity index (χ2n) is 4.51. The van der Waals surface area contributed by atoms with Crippen LogP contribution < -0.4 is 0 Å². The Kier molecular flexibility index (Phi) is 2.50. The molecule has 0 atom stereocenters. The standard InChI is InChI=1S/C14H10N4OS/c1-8-17-11-5-9(7-16-14(11)20-8)6-12-18-10-3-2-4-15-13(10)19-12/h2-5,7H,6H2,1H3. The molecule has 0 unspecified atom stereocenters. The number of aryl methyl sites for hydroxylation is 1. The molecule has 0 bridgehead atoms. The number of nitrogens with zero attached hydrogens (tertiary/aromatic N) is 4. The maximum absolute atomic E-state index is 5.62. The molecule has 4 rings (SSSR count). The first-order valence-electron chi connectivity index (χ1n) is 6.20. The molecule has 4 aromatic heterocycles. The molecule has 6 heteroatoms. The molecule has 0 aromatic carbocycles. The van der Waals surface area contributed by atoms with Gasteiger partial charge >= 0.3 is 0 Å². The first-order valence-corrected chi connectivity index (χ1v) is 7.02. The molecule has 0 saturated heterocycles. The third kappa shape index (κ3) is 1.94. The normalized spacial score (nSPS) is 11.4. The maximum atomic E-state index is 5.62. The van der Waals surface area contributed by atoms with Gasteiger partial charge in [-0.2, -0.15) is 0 Å². The van der Waals surface area contributed by atoms with Crippen molar-refractivity contribution in [1.29, 1.82) is 0 Å². The molecular formula is C14H10N4OS. The van der Waals surface area contributed by atoms with E-state index in [1.165, 1.54) is 0 Å². The number of hydrogen-bond acceptors (Lipinski definition) is 6. The largest absolute Gasteiger partial charge is 0.422 e. The van der Waals surface area contributed by atoms with E-state index in [9.17, 15) is 0 Å². The Morgan fingerprint density at radius 1 is 1.20 bits per heavy atom. The highest BCUT2D eigenvalue weighted by Crippen LogP contribution is 2.21. The van der Waals surface area contributed by atoms with Crippen LogP contribution >= 0.6 is 11.3 Å². The quantitative estimate of drug-likeness (QED) is 0.565. The van der Waals surface area contributed by atoms with Gasteiger partial charge in [0.2, 0.25) is 11.6 Å². The van der Waals surface area contributed by atoms with Gasteiger partial charge in [0.05, 0.1) is 11.4 Å². The zero-order chi connectivity index (χ0) is 13.5. The molecule has 4 aromatic rings. The lowest BCUT2D eigenvalue weighted by atomic mass is 10.2. The number of pyridine rings is 2.